The normalized spacial score (nSPS) is 23.7. The van der Waals surface area contributed by atoms with Crippen LogP contribution in [0.5, 0.6) is 0 Å². The SMILES string of the molecule is O=C(O)C1CCN(C(C(=O)N2CCCCC2)c2ccccc2)C1. The summed E-state index contributed by atoms with van der Waals surface area (Å²) in [4.78, 5) is 28.4. The van der Waals surface area contributed by atoms with E-state index in [9.17, 15) is 14.7 Å². The zero-order chi connectivity index (χ0) is 16.2. The van der Waals surface area contributed by atoms with Gasteiger partial charge in [0.25, 0.3) is 0 Å². The van der Waals surface area contributed by atoms with Crippen LogP contribution in [0.1, 0.15) is 37.3 Å². The van der Waals surface area contributed by atoms with Gasteiger partial charge in [0.2, 0.25) is 5.91 Å². The summed E-state index contributed by atoms with van der Waals surface area (Å²) in [6.45, 7) is 2.75. The molecule has 2 heterocycles. The lowest BCUT2D eigenvalue weighted by atomic mass is 10.0. The van der Waals surface area contributed by atoms with Gasteiger partial charge in [0.15, 0.2) is 0 Å². The molecule has 2 aliphatic heterocycles. The number of nitrogens with zero attached hydrogens (tertiary/aromatic N) is 2. The highest BCUT2D eigenvalue weighted by atomic mass is 16.4. The quantitative estimate of drug-likeness (QED) is 0.924. The summed E-state index contributed by atoms with van der Waals surface area (Å²) in [6, 6.07) is 9.42. The fourth-order valence-corrected chi connectivity index (χ4v) is 3.66. The van der Waals surface area contributed by atoms with Crippen LogP contribution in [-0.2, 0) is 9.59 Å². The van der Waals surface area contributed by atoms with Crippen LogP contribution in [0.25, 0.3) is 0 Å². The Morgan fingerprint density at radius 3 is 2.35 bits per heavy atom. The van der Waals surface area contributed by atoms with Gasteiger partial charge in [0.05, 0.1) is 5.92 Å². The molecule has 2 aliphatic rings. The minimum absolute atomic E-state index is 0.127. The van der Waals surface area contributed by atoms with Crippen molar-refractivity contribution in [3.05, 3.63) is 35.9 Å². The number of likely N-dealkylation sites (tertiary alicyclic amines) is 2. The second-order valence-corrected chi connectivity index (χ2v) is 6.52. The second kappa shape index (κ2) is 7.13. The Kier molecular flexibility index (Phi) is 4.96. The summed E-state index contributed by atoms with van der Waals surface area (Å²) in [5.74, 6) is -0.998. The maximum atomic E-state index is 13.1. The molecule has 0 spiro atoms. The molecule has 2 unspecified atom stereocenters. The number of carboxylic acid groups (broad SMARTS) is 1. The number of rotatable bonds is 4. The van der Waals surface area contributed by atoms with Crippen LogP contribution in [0, 0.1) is 5.92 Å². The first-order valence-electron chi connectivity index (χ1n) is 8.47. The third-order valence-corrected chi connectivity index (χ3v) is 4.95. The number of aliphatic carboxylic acids is 1. The van der Waals surface area contributed by atoms with Crippen molar-refractivity contribution in [1.29, 1.82) is 0 Å². The Bertz CT molecular complexity index is 555. The third kappa shape index (κ3) is 3.55. The van der Waals surface area contributed by atoms with Gasteiger partial charge in [-0.2, -0.15) is 0 Å². The topological polar surface area (TPSA) is 60.9 Å². The lowest BCUT2D eigenvalue weighted by Crippen LogP contribution is -2.44. The summed E-state index contributed by atoms with van der Waals surface area (Å²) < 4.78 is 0. The molecule has 0 radical (unpaired) electrons. The highest BCUT2D eigenvalue weighted by Crippen LogP contribution is 2.30. The molecule has 5 heteroatoms. The van der Waals surface area contributed by atoms with Gasteiger partial charge < -0.3 is 10.0 Å². The molecule has 2 saturated heterocycles. The van der Waals surface area contributed by atoms with Gasteiger partial charge in [-0.05, 0) is 31.2 Å². The first-order valence-corrected chi connectivity index (χ1v) is 8.47. The van der Waals surface area contributed by atoms with Gasteiger partial charge >= 0.3 is 5.97 Å². The molecule has 0 aromatic heterocycles. The zero-order valence-corrected chi connectivity index (χ0v) is 13.4. The Morgan fingerprint density at radius 2 is 1.74 bits per heavy atom. The van der Waals surface area contributed by atoms with Crippen molar-refractivity contribution < 1.29 is 14.7 Å². The minimum Gasteiger partial charge on any atom is -0.481 e. The molecule has 0 bridgehead atoms. The van der Waals surface area contributed by atoms with Crippen molar-refractivity contribution in [3.63, 3.8) is 0 Å². The number of carbonyl (C=O) groups excluding carboxylic acids is 1. The minimum atomic E-state index is -0.760. The number of piperidine rings is 1. The van der Waals surface area contributed by atoms with Crippen molar-refractivity contribution in [2.45, 2.75) is 31.7 Å². The maximum absolute atomic E-state index is 13.1. The van der Waals surface area contributed by atoms with E-state index in [0.29, 0.717) is 19.5 Å². The number of carboxylic acids is 1. The van der Waals surface area contributed by atoms with Gasteiger partial charge in [-0.1, -0.05) is 30.3 Å². The number of carbonyl (C=O) groups is 2. The first-order chi connectivity index (χ1) is 11.2. The van der Waals surface area contributed by atoms with E-state index in [4.69, 9.17) is 0 Å². The molecule has 2 fully saturated rings. The molecule has 124 valence electrons. The van der Waals surface area contributed by atoms with Crippen molar-refractivity contribution in [3.8, 4) is 0 Å². The summed E-state index contributed by atoms with van der Waals surface area (Å²) >= 11 is 0. The van der Waals surface area contributed by atoms with Gasteiger partial charge in [-0.15, -0.1) is 0 Å². The molecule has 1 aromatic carbocycles. The molecule has 1 amide bonds. The van der Waals surface area contributed by atoms with Crippen LogP contribution in [0.3, 0.4) is 0 Å². The van der Waals surface area contributed by atoms with Crippen molar-refractivity contribution >= 4 is 11.9 Å². The van der Waals surface area contributed by atoms with E-state index in [2.05, 4.69) is 0 Å². The van der Waals surface area contributed by atoms with Crippen LogP contribution in [0.2, 0.25) is 0 Å². The molecule has 1 N–H and O–H groups in total. The van der Waals surface area contributed by atoms with Crippen molar-refractivity contribution in [2.75, 3.05) is 26.2 Å². The Labute approximate surface area is 136 Å². The van der Waals surface area contributed by atoms with E-state index < -0.39 is 5.97 Å². The largest absolute Gasteiger partial charge is 0.481 e. The lowest BCUT2D eigenvalue weighted by molar-refractivity contribution is -0.142. The van der Waals surface area contributed by atoms with E-state index in [1.54, 1.807) is 0 Å². The molecule has 0 saturated carbocycles. The second-order valence-electron chi connectivity index (χ2n) is 6.52. The standard InChI is InChI=1S/C18H24N2O3/c21-17(19-10-5-2-6-11-19)16(14-7-3-1-4-8-14)20-12-9-15(13-20)18(22)23/h1,3-4,7-8,15-16H,2,5-6,9-13H2,(H,22,23). The van der Waals surface area contributed by atoms with Gasteiger partial charge in [0, 0.05) is 26.2 Å². The highest BCUT2D eigenvalue weighted by Gasteiger charge is 2.38. The average Bonchev–Trinajstić information content (AvgIpc) is 3.07. The Balaban J connectivity index is 1.82. The first kappa shape index (κ1) is 16.0. The molecular formula is C18H24N2O3. The molecule has 0 aliphatic carbocycles. The number of hydrogen-bond acceptors (Lipinski definition) is 3. The van der Waals surface area contributed by atoms with E-state index >= 15 is 0 Å². The third-order valence-electron chi connectivity index (χ3n) is 4.95. The Hall–Kier alpha value is -1.88. The molecule has 23 heavy (non-hydrogen) atoms. The average molecular weight is 316 g/mol. The van der Waals surface area contributed by atoms with Crippen molar-refractivity contribution in [1.82, 2.24) is 9.80 Å². The lowest BCUT2D eigenvalue weighted by Gasteiger charge is -2.34. The summed E-state index contributed by atoms with van der Waals surface area (Å²) in [6.07, 6.45) is 3.92. The summed E-state index contributed by atoms with van der Waals surface area (Å²) in [7, 11) is 0. The molecular weight excluding hydrogens is 292 g/mol. The van der Waals surface area contributed by atoms with Crippen LogP contribution < -0.4 is 0 Å². The molecule has 1 aromatic rings. The Morgan fingerprint density at radius 1 is 1.04 bits per heavy atom. The van der Waals surface area contributed by atoms with Crippen LogP contribution in [0.4, 0.5) is 0 Å². The number of benzene rings is 1. The molecule has 2 atom stereocenters. The van der Waals surface area contributed by atoms with Crippen LogP contribution in [-0.4, -0.2) is 53.0 Å². The fraction of sp³-hybridized carbons (Fsp3) is 0.556. The molecule has 5 nitrogen and oxygen atoms in total. The molecule has 3 rings (SSSR count). The smallest absolute Gasteiger partial charge is 0.307 e. The van der Waals surface area contributed by atoms with E-state index in [-0.39, 0.29) is 17.9 Å². The van der Waals surface area contributed by atoms with E-state index in [0.717, 1.165) is 31.5 Å². The number of amides is 1. The fourth-order valence-electron chi connectivity index (χ4n) is 3.66. The predicted molar refractivity (Wildman–Crippen MR) is 86.9 cm³/mol. The highest BCUT2D eigenvalue weighted by molar-refractivity contribution is 5.83. The maximum Gasteiger partial charge on any atom is 0.307 e. The van der Waals surface area contributed by atoms with Crippen molar-refractivity contribution in [2.24, 2.45) is 5.92 Å². The van der Waals surface area contributed by atoms with Gasteiger partial charge in [0.1, 0.15) is 6.04 Å². The predicted octanol–water partition coefficient (Wildman–Crippen LogP) is 2.15. The monoisotopic (exact) mass is 316 g/mol. The van der Waals surface area contributed by atoms with Gasteiger partial charge in [-0.3, -0.25) is 14.5 Å². The zero-order valence-electron chi connectivity index (χ0n) is 13.4. The number of hydrogen-bond donors (Lipinski definition) is 1. The van der Waals surface area contributed by atoms with Crippen LogP contribution >= 0.6 is 0 Å². The van der Waals surface area contributed by atoms with E-state index in [1.165, 1.54) is 6.42 Å². The summed E-state index contributed by atoms with van der Waals surface area (Å²) in [5.41, 5.74) is 0.967. The summed E-state index contributed by atoms with van der Waals surface area (Å²) in [5, 5.41) is 9.25. The van der Waals surface area contributed by atoms with Crippen LogP contribution in [0.15, 0.2) is 30.3 Å². The van der Waals surface area contributed by atoms with E-state index in [1.807, 2.05) is 40.1 Å². The van der Waals surface area contributed by atoms with Gasteiger partial charge in [-0.25, -0.2) is 0 Å².